The fourth-order valence-electron chi connectivity index (χ4n) is 2.89. The van der Waals surface area contributed by atoms with Gasteiger partial charge in [0.25, 0.3) is 0 Å². The number of hydrogen-bond acceptors (Lipinski definition) is 5. The van der Waals surface area contributed by atoms with Crippen LogP contribution in [0.5, 0.6) is 0 Å². The van der Waals surface area contributed by atoms with Gasteiger partial charge in [0.1, 0.15) is 5.69 Å². The van der Waals surface area contributed by atoms with Crippen molar-refractivity contribution >= 4 is 35.3 Å². The van der Waals surface area contributed by atoms with Gasteiger partial charge in [-0.3, -0.25) is 9.20 Å². The van der Waals surface area contributed by atoms with Gasteiger partial charge in [-0.25, -0.2) is 9.97 Å². The molecular weight excluding hydrogens is 397 g/mol. The van der Waals surface area contributed by atoms with Gasteiger partial charge < -0.3 is 10.6 Å². The third kappa shape index (κ3) is 5.08. The predicted octanol–water partition coefficient (Wildman–Crippen LogP) is 4.24. The number of carbonyl (C=O) groups is 1. The molecule has 0 aliphatic heterocycles. The lowest BCUT2D eigenvalue weighted by Crippen LogP contribution is -2.11. The molecule has 0 radical (unpaired) electrons. The summed E-state index contributed by atoms with van der Waals surface area (Å²) in [6.07, 6.45) is 3.56. The van der Waals surface area contributed by atoms with Gasteiger partial charge in [-0.15, -0.1) is 0 Å². The van der Waals surface area contributed by atoms with Crippen molar-refractivity contribution in [1.82, 2.24) is 19.3 Å². The molecule has 0 atom stereocenters. The van der Waals surface area contributed by atoms with Gasteiger partial charge in [-0.05, 0) is 52.2 Å². The highest BCUT2D eigenvalue weighted by Crippen LogP contribution is 2.33. The van der Waals surface area contributed by atoms with E-state index in [0.717, 1.165) is 22.5 Å². The van der Waals surface area contributed by atoms with Gasteiger partial charge in [-0.1, -0.05) is 30.1 Å². The maximum atomic E-state index is 11.0. The third-order valence-corrected chi connectivity index (χ3v) is 4.67. The fraction of sp³-hybridized carbons (Fsp3) is 0.350. The molecule has 0 fully saturated rings. The zero-order chi connectivity index (χ0) is 20.8. The van der Waals surface area contributed by atoms with E-state index in [-0.39, 0.29) is 6.54 Å². The van der Waals surface area contributed by atoms with Crippen molar-refractivity contribution in [1.29, 1.82) is 0 Å². The molecule has 3 aromatic rings. The fourth-order valence-corrected chi connectivity index (χ4v) is 3.39. The summed E-state index contributed by atoms with van der Waals surface area (Å²) in [4.78, 5) is 21.8. The number of benzene rings is 1. The highest BCUT2D eigenvalue weighted by molar-refractivity contribution is 6.36. The monoisotopic (exact) mass is 421 g/mol. The van der Waals surface area contributed by atoms with Crippen LogP contribution in [0, 0.1) is 6.92 Å². The van der Waals surface area contributed by atoms with Crippen molar-refractivity contribution < 1.29 is 4.79 Å². The second kappa shape index (κ2) is 9.98. The molecule has 2 aromatic heterocycles. The van der Waals surface area contributed by atoms with Crippen LogP contribution >= 0.6 is 23.2 Å². The van der Waals surface area contributed by atoms with Crippen LogP contribution in [0.3, 0.4) is 0 Å². The van der Waals surface area contributed by atoms with Crippen molar-refractivity contribution in [3.05, 3.63) is 51.4 Å². The molecule has 3 rings (SSSR count). The Kier molecular flexibility index (Phi) is 7.95. The Balaban J connectivity index is 0.000000409. The van der Waals surface area contributed by atoms with Crippen LogP contribution in [0.1, 0.15) is 35.1 Å². The van der Waals surface area contributed by atoms with Crippen molar-refractivity contribution in [2.24, 2.45) is 5.73 Å². The average Bonchev–Trinajstić information content (AvgIpc) is 3.04. The zero-order valence-corrected chi connectivity index (χ0v) is 18.1. The summed E-state index contributed by atoms with van der Waals surface area (Å²) in [5.74, 6) is 0.429. The number of fused-ring (bicyclic) bond motifs is 1. The van der Waals surface area contributed by atoms with E-state index in [1.807, 2.05) is 13.0 Å². The average molecular weight is 422 g/mol. The van der Waals surface area contributed by atoms with E-state index in [2.05, 4.69) is 35.9 Å². The van der Waals surface area contributed by atoms with Crippen molar-refractivity contribution in [3.63, 3.8) is 0 Å². The zero-order valence-electron chi connectivity index (χ0n) is 16.5. The highest BCUT2D eigenvalue weighted by atomic mass is 35.5. The summed E-state index contributed by atoms with van der Waals surface area (Å²) in [6, 6.07) is 5.23. The number of rotatable bonds is 5. The molecule has 1 aromatic carbocycles. The first-order valence-electron chi connectivity index (χ1n) is 8.96. The third-order valence-electron chi connectivity index (χ3n) is 4.12. The molecule has 2 heterocycles. The summed E-state index contributed by atoms with van der Waals surface area (Å²) in [5.41, 5.74) is 9.31. The van der Waals surface area contributed by atoms with Crippen LogP contribution in [0.2, 0.25) is 10.0 Å². The molecule has 2 N–H and O–H groups in total. The number of nitrogens with zero attached hydrogens (tertiary/aromatic N) is 4. The van der Waals surface area contributed by atoms with Crippen LogP contribution < -0.4 is 5.73 Å². The number of aryl methyl sites for hydroxylation is 1. The number of aromatic nitrogens is 3. The van der Waals surface area contributed by atoms with E-state index in [1.165, 1.54) is 13.0 Å². The van der Waals surface area contributed by atoms with E-state index in [0.29, 0.717) is 27.8 Å². The molecule has 0 unspecified atom stereocenters. The number of hydrogen-bond donors (Lipinski definition) is 1. The van der Waals surface area contributed by atoms with E-state index >= 15 is 0 Å². The molecule has 0 saturated heterocycles. The number of carbonyl (C=O) groups excluding carboxylic acids is 1. The van der Waals surface area contributed by atoms with Crippen LogP contribution in [0.15, 0.2) is 24.4 Å². The van der Waals surface area contributed by atoms with Crippen LogP contribution in [0.25, 0.3) is 17.0 Å². The maximum Gasteiger partial charge on any atom is 0.235 e. The standard InChI is InChI=1S/C15H12Cl2N4O.C5H13N/c1-8-12(5-18)14(11-3-2-9(16)4-13(11)17)21-6-10(7-22)20-15(21)19-8;1-4-5-6(2)3/h2-4,6-7H,5,18H2,1H3;4-5H2,1-3H3. The maximum absolute atomic E-state index is 11.0. The van der Waals surface area contributed by atoms with Gasteiger partial charge >= 0.3 is 0 Å². The second-order valence-electron chi connectivity index (χ2n) is 6.61. The summed E-state index contributed by atoms with van der Waals surface area (Å²) in [6.45, 7) is 5.53. The lowest BCUT2D eigenvalue weighted by atomic mass is 10.0. The molecule has 6 nitrogen and oxygen atoms in total. The number of halogens is 2. The van der Waals surface area contributed by atoms with Crippen LogP contribution in [0.4, 0.5) is 0 Å². The van der Waals surface area contributed by atoms with E-state index in [9.17, 15) is 4.79 Å². The minimum Gasteiger partial charge on any atom is -0.326 e. The molecular formula is C20H25Cl2N5O. The first-order chi connectivity index (χ1) is 13.3. The lowest BCUT2D eigenvalue weighted by molar-refractivity contribution is 0.111. The first kappa shape index (κ1) is 22.3. The van der Waals surface area contributed by atoms with Crippen molar-refractivity contribution in [2.45, 2.75) is 26.8 Å². The Morgan fingerprint density at radius 1 is 1.25 bits per heavy atom. The number of nitrogens with two attached hydrogens (primary N) is 1. The minimum atomic E-state index is 0.289. The van der Waals surface area contributed by atoms with Gasteiger partial charge in [-0.2, -0.15) is 0 Å². The molecule has 0 spiro atoms. The summed E-state index contributed by atoms with van der Waals surface area (Å²) >= 11 is 12.3. The molecule has 0 aliphatic rings. The van der Waals surface area contributed by atoms with Gasteiger partial charge in [0, 0.05) is 34.6 Å². The Bertz CT molecular complexity index is 969. The Morgan fingerprint density at radius 3 is 2.46 bits per heavy atom. The predicted molar refractivity (Wildman–Crippen MR) is 115 cm³/mol. The molecule has 0 saturated carbocycles. The number of imidazole rings is 1. The molecule has 150 valence electrons. The smallest absolute Gasteiger partial charge is 0.235 e. The lowest BCUT2D eigenvalue weighted by Gasteiger charge is -2.14. The SMILES string of the molecule is CCCN(C)C.Cc1nc2nc(C=O)cn2c(-c2ccc(Cl)cc2Cl)c1CN. The Hall–Kier alpha value is -1.99. The summed E-state index contributed by atoms with van der Waals surface area (Å²) in [5, 5.41) is 1.04. The highest BCUT2D eigenvalue weighted by Gasteiger charge is 2.17. The normalized spacial score (nSPS) is 10.9. The largest absolute Gasteiger partial charge is 0.326 e. The summed E-state index contributed by atoms with van der Waals surface area (Å²) < 4.78 is 1.73. The topological polar surface area (TPSA) is 76.5 Å². The molecule has 0 amide bonds. The molecule has 0 aliphatic carbocycles. The quantitative estimate of drug-likeness (QED) is 0.623. The minimum absolute atomic E-state index is 0.289. The first-order valence-corrected chi connectivity index (χ1v) is 9.71. The van der Waals surface area contributed by atoms with E-state index < -0.39 is 0 Å². The summed E-state index contributed by atoms with van der Waals surface area (Å²) in [7, 11) is 4.17. The van der Waals surface area contributed by atoms with Gasteiger partial charge in [0.2, 0.25) is 5.78 Å². The van der Waals surface area contributed by atoms with E-state index in [4.69, 9.17) is 28.9 Å². The molecule has 8 heteroatoms. The van der Waals surface area contributed by atoms with Crippen LogP contribution in [-0.2, 0) is 6.54 Å². The van der Waals surface area contributed by atoms with Crippen molar-refractivity contribution in [2.75, 3.05) is 20.6 Å². The Morgan fingerprint density at radius 2 is 1.96 bits per heavy atom. The molecule has 28 heavy (non-hydrogen) atoms. The van der Waals surface area contributed by atoms with Gasteiger partial charge in [0.05, 0.1) is 10.7 Å². The molecule has 0 bridgehead atoms. The van der Waals surface area contributed by atoms with Crippen molar-refractivity contribution in [3.8, 4) is 11.3 Å². The van der Waals surface area contributed by atoms with E-state index in [1.54, 1.807) is 22.7 Å². The Labute approximate surface area is 175 Å². The second-order valence-corrected chi connectivity index (χ2v) is 7.45. The number of aldehydes is 1. The van der Waals surface area contributed by atoms with Crippen LogP contribution in [-0.4, -0.2) is 46.2 Å². The van der Waals surface area contributed by atoms with Gasteiger partial charge in [0.15, 0.2) is 6.29 Å².